The van der Waals surface area contributed by atoms with E-state index in [1.54, 1.807) is 11.8 Å². The monoisotopic (exact) mass is 350 g/mol. The zero-order valence-corrected chi connectivity index (χ0v) is 13.3. The Kier molecular flexibility index (Phi) is 4.89. The normalized spacial score (nSPS) is 11.6. The van der Waals surface area contributed by atoms with E-state index in [-0.39, 0.29) is 11.4 Å². The van der Waals surface area contributed by atoms with Crippen LogP contribution in [0.4, 0.5) is 13.2 Å². The van der Waals surface area contributed by atoms with Crippen molar-refractivity contribution in [1.29, 1.82) is 0 Å². The van der Waals surface area contributed by atoms with Gasteiger partial charge in [-0.1, -0.05) is 47.6 Å². The average Bonchev–Trinajstić information content (AvgIpc) is 3.04. The zero-order chi connectivity index (χ0) is 17.0. The van der Waals surface area contributed by atoms with Crippen molar-refractivity contribution in [3.63, 3.8) is 0 Å². The summed E-state index contributed by atoms with van der Waals surface area (Å²) in [6.45, 7) is 0. The third-order valence-corrected chi connectivity index (χ3v) is 4.24. The first kappa shape index (κ1) is 16.6. The van der Waals surface area contributed by atoms with Gasteiger partial charge in [-0.2, -0.15) is 18.2 Å². The molecule has 0 fully saturated rings. The van der Waals surface area contributed by atoms with Crippen molar-refractivity contribution in [2.45, 2.75) is 17.7 Å². The van der Waals surface area contributed by atoms with Gasteiger partial charge in [-0.25, -0.2) is 0 Å². The molecule has 0 unspecified atom stereocenters. The van der Waals surface area contributed by atoms with E-state index in [9.17, 15) is 13.2 Å². The van der Waals surface area contributed by atoms with Gasteiger partial charge in [-0.3, -0.25) is 0 Å². The van der Waals surface area contributed by atoms with Gasteiger partial charge in [0, 0.05) is 11.3 Å². The van der Waals surface area contributed by atoms with Gasteiger partial charge in [0.05, 0.1) is 11.3 Å². The first-order valence-electron chi connectivity index (χ1n) is 7.14. The summed E-state index contributed by atoms with van der Waals surface area (Å²) in [5.74, 6) is 1.85. The minimum Gasteiger partial charge on any atom is -0.338 e. The van der Waals surface area contributed by atoms with Gasteiger partial charge in [-0.15, -0.1) is 11.8 Å². The van der Waals surface area contributed by atoms with Crippen LogP contribution in [0.3, 0.4) is 0 Å². The third kappa shape index (κ3) is 4.17. The topological polar surface area (TPSA) is 38.9 Å². The molecule has 24 heavy (non-hydrogen) atoms. The Morgan fingerprint density at radius 3 is 2.50 bits per heavy atom. The number of nitrogens with zero attached hydrogens (tertiary/aromatic N) is 2. The maximum Gasteiger partial charge on any atom is 0.416 e. The van der Waals surface area contributed by atoms with E-state index in [1.807, 2.05) is 30.3 Å². The molecule has 0 saturated heterocycles. The number of rotatable bonds is 5. The second-order valence-electron chi connectivity index (χ2n) is 5.07. The van der Waals surface area contributed by atoms with Crippen LogP contribution in [0.15, 0.2) is 59.1 Å². The highest BCUT2D eigenvalue weighted by molar-refractivity contribution is 7.97. The number of hydrogen-bond acceptors (Lipinski definition) is 4. The standard InChI is InChI=1S/C17H13F3N2OS/c18-17(19,20)14-8-4-7-13(9-14)16-21-15(23-22-16)11-24-10-12-5-2-1-3-6-12/h1-9H,10-11H2. The van der Waals surface area contributed by atoms with Crippen LogP contribution in [-0.2, 0) is 17.7 Å². The van der Waals surface area contributed by atoms with Crippen LogP contribution in [0.2, 0.25) is 0 Å². The number of benzene rings is 2. The van der Waals surface area contributed by atoms with Gasteiger partial charge < -0.3 is 4.52 Å². The Hall–Kier alpha value is -2.28. The maximum atomic E-state index is 12.7. The fourth-order valence-electron chi connectivity index (χ4n) is 2.10. The van der Waals surface area contributed by atoms with Crippen molar-refractivity contribution in [2.24, 2.45) is 0 Å². The molecule has 7 heteroatoms. The maximum absolute atomic E-state index is 12.7. The smallest absolute Gasteiger partial charge is 0.338 e. The van der Waals surface area contributed by atoms with E-state index < -0.39 is 11.7 Å². The summed E-state index contributed by atoms with van der Waals surface area (Å²) in [4.78, 5) is 4.17. The average molecular weight is 350 g/mol. The lowest BCUT2D eigenvalue weighted by Crippen LogP contribution is -2.04. The van der Waals surface area contributed by atoms with Crippen molar-refractivity contribution < 1.29 is 17.7 Å². The van der Waals surface area contributed by atoms with Crippen molar-refractivity contribution in [3.8, 4) is 11.4 Å². The molecular weight excluding hydrogens is 337 g/mol. The molecule has 1 heterocycles. The second-order valence-corrected chi connectivity index (χ2v) is 6.05. The summed E-state index contributed by atoms with van der Waals surface area (Å²) < 4.78 is 43.4. The highest BCUT2D eigenvalue weighted by Crippen LogP contribution is 2.31. The van der Waals surface area contributed by atoms with Crippen LogP contribution in [-0.4, -0.2) is 10.1 Å². The lowest BCUT2D eigenvalue weighted by atomic mass is 10.1. The first-order valence-corrected chi connectivity index (χ1v) is 8.30. The molecular formula is C17H13F3N2OS. The summed E-state index contributed by atoms with van der Waals surface area (Å²) >= 11 is 1.60. The summed E-state index contributed by atoms with van der Waals surface area (Å²) in [5.41, 5.74) is 0.734. The third-order valence-electron chi connectivity index (χ3n) is 3.25. The Bertz CT molecular complexity index is 803. The van der Waals surface area contributed by atoms with Crippen molar-refractivity contribution >= 4 is 11.8 Å². The minimum atomic E-state index is -4.39. The highest BCUT2D eigenvalue weighted by atomic mass is 32.2. The van der Waals surface area contributed by atoms with Gasteiger partial charge in [0.1, 0.15) is 0 Å². The van der Waals surface area contributed by atoms with E-state index >= 15 is 0 Å². The zero-order valence-electron chi connectivity index (χ0n) is 12.5. The Balaban J connectivity index is 1.65. The number of aromatic nitrogens is 2. The van der Waals surface area contributed by atoms with Gasteiger partial charge in [0.15, 0.2) is 0 Å². The van der Waals surface area contributed by atoms with Crippen molar-refractivity contribution in [1.82, 2.24) is 10.1 Å². The van der Waals surface area contributed by atoms with Crippen LogP contribution >= 0.6 is 11.8 Å². The molecule has 0 amide bonds. The minimum absolute atomic E-state index is 0.163. The summed E-state index contributed by atoms with van der Waals surface area (Å²) in [6, 6.07) is 14.8. The molecule has 0 N–H and O–H groups in total. The van der Waals surface area contributed by atoms with Crippen molar-refractivity contribution in [3.05, 3.63) is 71.6 Å². The molecule has 0 aliphatic heterocycles. The Labute approximate surface area is 140 Å². The van der Waals surface area contributed by atoms with Gasteiger partial charge in [0.25, 0.3) is 0 Å². The lowest BCUT2D eigenvalue weighted by molar-refractivity contribution is -0.137. The van der Waals surface area contributed by atoms with Gasteiger partial charge in [0.2, 0.25) is 11.7 Å². The number of halogens is 3. The Morgan fingerprint density at radius 2 is 1.75 bits per heavy atom. The van der Waals surface area contributed by atoms with E-state index in [0.29, 0.717) is 11.6 Å². The molecule has 0 aliphatic carbocycles. The Morgan fingerprint density at radius 1 is 0.958 bits per heavy atom. The quantitative estimate of drug-likeness (QED) is 0.635. The molecule has 0 spiro atoms. The molecule has 0 aliphatic rings. The van der Waals surface area contributed by atoms with E-state index in [1.165, 1.54) is 17.7 Å². The molecule has 124 valence electrons. The summed E-state index contributed by atoms with van der Waals surface area (Å²) in [5, 5.41) is 3.77. The SMILES string of the molecule is FC(F)(F)c1cccc(-c2noc(CSCc3ccccc3)n2)c1. The second kappa shape index (κ2) is 7.09. The van der Waals surface area contributed by atoms with E-state index in [0.717, 1.165) is 17.9 Å². The fraction of sp³-hybridized carbons (Fsp3) is 0.176. The van der Waals surface area contributed by atoms with Crippen molar-refractivity contribution in [2.75, 3.05) is 0 Å². The summed E-state index contributed by atoms with van der Waals surface area (Å²) in [7, 11) is 0. The van der Waals surface area contributed by atoms with Gasteiger partial charge in [-0.05, 0) is 17.7 Å². The number of hydrogen-bond donors (Lipinski definition) is 0. The molecule has 0 bridgehead atoms. The largest absolute Gasteiger partial charge is 0.416 e. The molecule has 3 aromatic rings. The molecule has 0 atom stereocenters. The number of thioether (sulfide) groups is 1. The highest BCUT2D eigenvalue weighted by Gasteiger charge is 2.30. The van der Waals surface area contributed by atoms with Crippen LogP contribution in [0.1, 0.15) is 17.0 Å². The molecule has 3 rings (SSSR count). The first-order chi connectivity index (χ1) is 11.5. The van der Waals surface area contributed by atoms with E-state index in [4.69, 9.17) is 4.52 Å². The molecule has 1 aromatic heterocycles. The van der Waals surface area contributed by atoms with Crippen LogP contribution in [0.5, 0.6) is 0 Å². The predicted octanol–water partition coefficient (Wildman–Crippen LogP) is 5.19. The van der Waals surface area contributed by atoms with Crippen LogP contribution in [0.25, 0.3) is 11.4 Å². The van der Waals surface area contributed by atoms with Crippen LogP contribution in [0, 0.1) is 0 Å². The molecule has 3 nitrogen and oxygen atoms in total. The number of alkyl halides is 3. The fourth-order valence-corrected chi connectivity index (χ4v) is 2.92. The van der Waals surface area contributed by atoms with Gasteiger partial charge >= 0.3 is 6.18 Å². The van der Waals surface area contributed by atoms with E-state index in [2.05, 4.69) is 10.1 Å². The van der Waals surface area contributed by atoms with Crippen LogP contribution < -0.4 is 0 Å². The lowest BCUT2D eigenvalue weighted by Gasteiger charge is -2.06. The molecule has 0 saturated carbocycles. The predicted molar refractivity (Wildman–Crippen MR) is 86.2 cm³/mol. The molecule has 0 radical (unpaired) electrons. The summed E-state index contributed by atoms with van der Waals surface area (Å²) in [6.07, 6.45) is -4.39. The molecule has 2 aromatic carbocycles.